The highest BCUT2D eigenvalue weighted by Crippen LogP contribution is 2.23. The van der Waals surface area contributed by atoms with Gasteiger partial charge in [-0.15, -0.1) is 0 Å². The van der Waals surface area contributed by atoms with E-state index in [0.29, 0.717) is 19.0 Å². The minimum Gasteiger partial charge on any atom is -0.373 e. The molecular weight excluding hydrogens is 384 g/mol. The number of ether oxygens (including phenoxy) is 1. The summed E-state index contributed by atoms with van der Waals surface area (Å²) >= 11 is 3.43. The number of carbonyl (C=O) groups excluding carboxylic acids is 1. The maximum atomic E-state index is 11.8. The molecule has 0 radical (unpaired) electrons. The molecule has 1 fully saturated rings. The summed E-state index contributed by atoms with van der Waals surface area (Å²) in [7, 11) is 3.48. The van der Waals surface area contributed by atoms with E-state index >= 15 is 0 Å². The number of rotatable bonds is 6. The first-order chi connectivity index (χ1) is 11.9. The van der Waals surface area contributed by atoms with E-state index in [4.69, 9.17) is 4.74 Å². The molecule has 25 heavy (non-hydrogen) atoms. The first-order valence-corrected chi connectivity index (χ1v) is 9.28. The average molecular weight is 411 g/mol. The predicted octanol–water partition coefficient (Wildman–Crippen LogP) is 2.14. The number of nitrogens with zero attached hydrogens (tertiary/aromatic N) is 2. The lowest BCUT2D eigenvalue weighted by Gasteiger charge is -2.25. The van der Waals surface area contributed by atoms with Crippen LogP contribution in [0.4, 0.5) is 0 Å². The van der Waals surface area contributed by atoms with Crippen molar-refractivity contribution in [1.82, 2.24) is 15.5 Å². The Hall–Kier alpha value is -1.60. The molecule has 1 saturated heterocycles. The molecule has 2 rings (SSSR count). The number of hydrogen-bond acceptors (Lipinski definition) is 3. The first-order valence-electron chi connectivity index (χ1n) is 8.49. The van der Waals surface area contributed by atoms with E-state index in [2.05, 4.69) is 38.5 Å². The van der Waals surface area contributed by atoms with Crippen LogP contribution < -0.4 is 10.6 Å². The molecule has 0 bridgehead atoms. The van der Waals surface area contributed by atoms with E-state index in [1.165, 1.54) is 0 Å². The van der Waals surface area contributed by atoms with Gasteiger partial charge in [-0.2, -0.15) is 0 Å². The topological polar surface area (TPSA) is 66.0 Å². The third kappa shape index (κ3) is 6.66. The van der Waals surface area contributed by atoms with Gasteiger partial charge in [0.1, 0.15) is 0 Å². The number of hydrogen-bond donors (Lipinski definition) is 2. The second-order valence-corrected chi connectivity index (χ2v) is 7.60. The average Bonchev–Trinajstić information content (AvgIpc) is 3.02. The largest absolute Gasteiger partial charge is 0.373 e. The summed E-state index contributed by atoms with van der Waals surface area (Å²) < 4.78 is 6.85. The monoisotopic (exact) mass is 410 g/mol. The van der Waals surface area contributed by atoms with Gasteiger partial charge >= 0.3 is 0 Å². The van der Waals surface area contributed by atoms with Gasteiger partial charge in [0.2, 0.25) is 5.91 Å². The normalized spacial score (nSPS) is 20.4. The molecule has 138 valence electrons. The van der Waals surface area contributed by atoms with E-state index < -0.39 is 0 Å². The Morgan fingerprint density at radius 1 is 1.32 bits per heavy atom. The molecular formula is C18H27BrN4O2. The third-order valence-electron chi connectivity index (χ3n) is 4.17. The fourth-order valence-electron chi connectivity index (χ4n) is 2.50. The lowest BCUT2D eigenvalue weighted by atomic mass is 10.0. The summed E-state index contributed by atoms with van der Waals surface area (Å²) in [4.78, 5) is 18.0. The molecule has 1 aromatic carbocycles. The van der Waals surface area contributed by atoms with Gasteiger partial charge < -0.3 is 20.3 Å². The Kier molecular flexibility index (Phi) is 7.25. The number of amides is 1. The molecule has 1 atom stereocenters. The lowest BCUT2D eigenvalue weighted by Crippen LogP contribution is -2.47. The predicted molar refractivity (Wildman–Crippen MR) is 104 cm³/mol. The van der Waals surface area contributed by atoms with Crippen molar-refractivity contribution in [2.75, 3.05) is 33.8 Å². The highest BCUT2D eigenvalue weighted by molar-refractivity contribution is 9.10. The van der Waals surface area contributed by atoms with E-state index in [0.717, 1.165) is 29.5 Å². The van der Waals surface area contributed by atoms with Crippen LogP contribution in [0.2, 0.25) is 0 Å². The quantitative estimate of drug-likeness (QED) is 0.556. The van der Waals surface area contributed by atoms with Crippen LogP contribution in [0.15, 0.2) is 33.7 Å². The molecule has 0 saturated carbocycles. The zero-order valence-electron chi connectivity index (χ0n) is 15.1. The highest BCUT2D eigenvalue weighted by atomic mass is 79.9. The minimum atomic E-state index is -0.175. The van der Waals surface area contributed by atoms with Gasteiger partial charge in [-0.05, 0) is 37.5 Å². The van der Waals surface area contributed by atoms with Crippen molar-refractivity contribution in [2.24, 2.45) is 4.99 Å². The summed E-state index contributed by atoms with van der Waals surface area (Å²) in [5.41, 5.74) is 0.928. The minimum absolute atomic E-state index is 0.00136. The second kappa shape index (κ2) is 9.20. The number of carbonyl (C=O) groups is 1. The maximum Gasteiger partial charge on any atom is 0.241 e. The molecule has 1 aromatic rings. The van der Waals surface area contributed by atoms with Crippen LogP contribution in [-0.2, 0) is 16.1 Å². The summed E-state index contributed by atoms with van der Waals surface area (Å²) in [5, 5.41) is 6.42. The Morgan fingerprint density at radius 2 is 2.04 bits per heavy atom. The molecule has 1 aliphatic heterocycles. The van der Waals surface area contributed by atoms with Crippen LogP contribution in [0.25, 0.3) is 0 Å². The molecule has 0 aromatic heterocycles. The van der Waals surface area contributed by atoms with Crippen molar-refractivity contribution >= 4 is 27.8 Å². The highest BCUT2D eigenvalue weighted by Gasteiger charge is 2.29. The van der Waals surface area contributed by atoms with Crippen LogP contribution in [-0.4, -0.2) is 56.2 Å². The van der Waals surface area contributed by atoms with Crippen molar-refractivity contribution in [2.45, 2.75) is 31.9 Å². The smallest absolute Gasteiger partial charge is 0.241 e. The summed E-state index contributed by atoms with van der Waals surface area (Å²) in [6.07, 6.45) is 2.10. The van der Waals surface area contributed by atoms with Crippen LogP contribution in [0.1, 0.15) is 25.3 Å². The van der Waals surface area contributed by atoms with Crippen molar-refractivity contribution in [3.05, 3.63) is 34.3 Å². The summed E-state index contributed by atoms with van der Waals surface area (Å²) in [6.45, 7) is 4.31. The van der Waals surface area contributed by atoms with Crippen LogP contribution in [0, 0.1) is 0 Å². The number of aliphatic imine (C=N–C) groups is 1. The molecule has 1 amide bonds. The van der Waals surface area contributed by atoms with Gasteiger partial charge in [0.25, 0.3) is 0 Å². The molecule has 2 N–H and O–H groups in total. The molecule has 1 unspecified atom stereocenters. The number of benzene rings is 1. The van der Waals surface area contributed by atoms with Crippen molar-refractivity contribution in [1.29, 1.82) is 0 Å². The molecule has 0 spiro atoms. The Labute approximate surface area is 158 Å². The van der Waals surface area contributed by atoms with E-state index in [9.17, 15) is 4.79 Å². The van der Waals surface area contributed by atoms with Gasteiger partial charge in [0, 0.05) is 31.7 Å². The number of halogens is 1. The zero-order valence-corrected chi connectivity index (χ0v) is 16.7. The summed E-state index contributed by atoms with van der Waals surface area (Å²) in [5.74, 6) is 0.622. The Bertz CT molecular complexity index is 596. The molecule has 1 aliphatic rings. The number of likely N-dealkylation sites (N-methyl/N-ethyl adjacent to an activating group) is 1. The van der Waals surface area contributed by atoms with E-state index in [1.807, 2.05) is 24.3 Å². The van der Waals surface area contributed by atoms with Crippen molar-refractivity contribution in [3.63, 3.8) is 0 Å². The Balaban J connectivity index is 1.97. The van der Waals surface area contributed by atoms with Crippen LogP contribution >= 0.6 is 15.9 Å². The Morgan fingerprint density at radius 3 is 2.64 bits per heavy atom. The van der Waals surface area contributed by atoms with Gasteiger partial charge in [0.05, 0.1) is 18.7 Å². The fourth-order valence-corrected chi connectivity index (χ4v) is 2.76. The van der Waals surface area contributed by atoms with Crippen LogP contribution in [0.5, 0.6) is 0 Å². The van der Waals surface area contributed by atoms with Crippen molar-refractivity contribution in [3.8, 4) is 0 Å². The molecule has 0 aliphatic carbocycles. The zero-order chi connectivity index (χ0) is 18.3. The second-order valence-electron chi connectivity index (χ2n) is 6.69. The van der Waals surface area contributed by atoms with E-state index in [1.54, 1.807) is 19.0 Å². The first kappa shape index (κ1) is 19.7. The molecule has 1 heterocycles. The lowest BCUT2D eigenvalue weighted by molar-refractivity contribution is -0.127. The summed E-state index contributed by atoms with van der Waals surface area (Å²) in [6, 6.07) is 8.04. The van der Waals surface area contributed by atoms with Gasteiger partial charge in [-0.25, -0.2) is 4.99 Å². The van der Waals surface area contributed by atoms with Gasteiger partial charge in [-0.3, -0.25) is 4.79 Å². The third-order valence-corrected chi connectivity index (χ3v) is 4.70. The molecule has 6 nitrogen and oxygen atoms in total. The van der Waals surface area contributed by atoms with Crippen LogP contribution in [0.3, 0.4) is 0 Å². The maximum absolute atomic E-state index is 11.8. The SMILES string of the molecule is CN(C)C(=O)CNC(=NCc1ccc(Br)cc1)NCC1(C)CCCO1. The van der Waals surface area contributed by atoms with Gasteiger partial charge in [-0.1, -0.05) is 28.1 Å². The number of guanidine groups is 1. The molecule has 7 heteroatoms. The van der Waals surface area contributed by atoms with Gasteiger partial charge in [0.15, 0.2) is 5.96 Å². The van der Waals surface area contributed by atoms with Crippen molar-refractivity contribution < 1.29 is 9.53 Å². The number of nitrogens with one attached hydrogen (secondary N) is 2. The fraction of sp³-hybridized carbons (Fsp3) is 0.556. The van der Waals surface area contributed by atoms with E-state index in [-0.39, 0.29) is 18.1 Å². The standard InChI is InChI=1S/C18H27BrN4O2/c1-18(9-4-10-25-18)13-22-17(21-12-16(24)23(2)3)20-11-14-5-7-15(19)8-6-14/h5-8H,4,9-13H2,1-3H3,(H2,20,21,22).